The molecule has 0 saturated carbocycles. The van der Waals surface area contributed by atoms with E-state index < -0.39 is 0 Å². The third-order valence-corrected chi connectivity index (χ3v) is 3.19. The maximum atomic E-state index is 12.1. The van der Waals surface area contributed by atoms with Crippen LogP contribution in [0.3, 0.4) is 0 Å². The zero-order valence-corrected chi connectivity index (χ0v) is 11.9. The Labute approximate surface area is 127 Å². The summed E-state index contributed by atoms with van der Waals surface area (Å²) in [6, 6.07) is 9.22. The van der Waals surface area contributed by atoms with Crippen molar-refractivity contribution in [1.82, 2.24) is 25.1 Å². The fourth-order valence-corrected chi connectivity index (χ4v) is 2.07. The number of nitrogens with zero attached hydrogens (tertiary/aromatic N) is 4. The lowest BCUT2D eigenvalue weighted by Gasteiger charge is -2.06. The molecule has 3 aromatic heterocycles. The first kappa shape index (κ1) is 13.9. The summed E-state index contributed by atoms with van der Waals surface area (Å²) in [5.41, 5.74) is 2.32. The van der Waals surface area contributed by atoms with E-state index >= 15 is 0 Å². The van der Waals surface area contributed by atoms with Crippen LogP contribution in [0.15, 0.2) is 61.3 Å². The van der Waals surface area contributed by atoms with Gasteiger partial charge in [-0.1, -0.05) is 0 Å². The van der Waals surface area contributed by atoms with Crippen molar-refractivity contribution in [1.29, 1.82) is 0 Å². The minimum Gasteiger partial charge on any atom is -0.350 e. The Morgan fingerprint density at radius 3 is 2.77 bits per heavy atom. The molecular weight excluding hydrogens is 278 g/mol. The number of pyridine rings is 2. The molecule has 0 aliphatic carbocycles. The largest absolute Gasteiger partial charge is 0.350 e. The van der Waals surface area contributed by atoms with Crippen molar-refractivity contribution in [3.63, 3.8) is 0 Å². The van der Waals surface area contributed by atoms with E-state index in [1.807, 2.05) is 24.4 Å². The summed E-state index contributed by atoms with van der Waals surface area (Å²) < 4.78 is 1.69. The van der Waals surface area contributed by atoms with Gasteiger partial charge in [0.2, 0.25) is 0 Å². The third-order valence-electron chi connectivity index (χ3n) is 3.19. The van der Waals surface area contributed by atoms with Gasteiger partial charge in [0.25, 0.3) is 5.91 Å². The van der Waals surface area contributed by atoms with Crippen LogP contribution < -0.4 is 5.32 Å². The van der Waals surface area contributed by atoms with Crippen molar-refractivity contribution >= 4 is 5.91 Å². The lowest BCUT2D eigenvalue weighted by atomic mass is 10.2. The van der Waals surface area contributed by atoms with E-state index in [-0.39, 0.29) is 5.91 Å². The Morgan fingerprint density at radius 1 is 1.14 bits per heavy atom. The van der Waals surface area contributed by atoms with Gasteiger partial charge >= 0.3 is 0 Å². The molecule has 0 atom stereocenters. The molecule has 3 rings (SSSR count). The van der Waals surface area contributed by atoms with Crippen molar-refractivity contribution in [2.24, 2.45) is 0 Å². The van der Waals surface area contributed by atoms with Gasteiger partial charge in [0.05, 0.1) is 5.69 Å². The third kappa shape index (κ3) is 3.35. The fourth-order valence-electron chi connectivity index (χ4n) is 2.07. The zero-order chi connectivity index (χ0) is 15.2. The van der Waals surface area contributed by atoms with Crippen LogP contribution in [0.1, 0.15) is 16.1 Å². The molecule has 0 aromatic carbocycles. The molecule has 0 spiro atoms. The van der Waals surface area contributed by atoms with Gasteiger partial charge in [-0.15, -0.1) is 0 Å². The van der Waals surface area contributed by atoms with E-state index in [1.54, 1.807) is 41.6 Å². The predicted molar refractivity (Wildman–Crippen MR) is 81.6 cm³/mol. The van der Waals surface area contributed by atoms with Crippen LogP contribution >= 0.6 is 0 Å². The van der Waals surface area contributed by atoms with E-state index in [0.717, 1.165) is 17.7 Å². The van der Waals surface area contributed by atoms with E-state index in [0.29, 0.717) is 12.2 Å². The highest BCUT2D eigenvalue weighted by molar-refractivity contribution is 5.92. The van der Waals surface area contributed by atoms with Gasteiger partial charge in [0, 0.05) is 37.5 Å². The maximum absolute atomic E-state index is 12.1. The molecule has 1 N–H and O–H groups in total. The molecule has 0 bridgehead atoms. The van der Waals surface area contributed by atoms with Gasteiger partial charge < -0.3 is 5.32 Å². The standard InChI is InChI=1S/C16H15N5O/c22-16(19-9-4-13-2-7-17-8-3-13)15-12-14(5-10-18-15)21-11-1-6-20-21/h1-3,5-8,10-12H,4,9H2,(H,19,22). The molecule has 0 aliphatic rings. The zero-order valence-electron chi connectivity index (χ0n) is 11.9. The van der Waals surface area contributed by atoms with Crippen molar-refractivity contribution in [2.75, 3.05) is 6.54 Å². The first-order valence-corrected chi connectivity index (χ1v) is 6.96. The monoisotopic (exact) mass is 293 g/mol. The molecular formula is C16H15N5O. The first-order chi connectivity index (χ1) is 10.8. The number of amides is 1. The number of carbonyl (C=O) groups excluding carboxylic acids is 1. The molecule has 0 saturated heterocycles. The van der Waals surface area contributed by atoms with Crippen LogP contribution in [0.25, 0.3) is 5.69 Å². The van der Waals surface area contributed by atoms with Crippen LogP contribution in [0.4, 0.5) is 0 Å². The van der Waals surface area contributed by atoms with Gasteiger partial charge in [-0.2, -0.15) is 5.10 Å². The van der Waals surface area contributed by atoms with Gasteiger partial charge in [0.15, 0.2) is 0 Å². The lowest BCUT2D eigenvalue weighted by molar-refractivity contribution is 0.0949. The van der Waals surface area contributed by atoms with E-state index in [9.17, 15) is 4.79 Å². The average molecular weight is 293 g/mol. The topological polar surface area (TPSA) is 72.7 Å². The first-order valence-electron chi connectivity index (χ1n) is 6.96. The Hall–Kier alpha value is -3.02. The second-order valence-corrected chi connectivity index (χ2v) is 4.71. The van der Waals surface area contributed by atoms with Gasteiger partial charge in [0.1, 0.15) is 5.69 Å². The summed E-state index contributed by atoms with van der Waals surface area (Å²) in [5.74, 6) is -0.192. The Morgan fingerprint density at radius 2 is 2.00 bits per heavy atom. The molecule has 6 heteroatoms. The minimum absolute atomic E-state index is 0.192. The number of hydrogen-bond donors (Lipinski definition) is 1. The van der Waals surface area contributed by atoms with Crippen molar-refractivity contribution < 1.29 is 4.79 Å². The smallest absolute Gasteiger partial charge is 0.269 e. The molecule has 0 aliphatic heterocycles. The molecule has 6 nitrogen and oxygen atoms in total. The van der Waals surface area contributed by atoms with E-state index in [2.05, 4.69) is 20.4 Å². The number of nitrogens with one attached hydrogen (secondary N) is 1. The Kier molecular flexibility index (Phi) is 4.20. The van der Waals surface area contributed by atoms with Crippen LogP contribution in [0.2, 0.25) is 0 Å². The van der Waals surface area contributed by atoms with Crippen LogP contribution in [-0.2, 0) is 6.42 Å². The molecule has 22 heavy (non-hydrogen) atoms. The molecule has 3 heterocycles. The second kappa shape index (κ2) is 6.62. The highest BCUT2D eigenvalue weighted by Gasteiger charge is 2.08. The molecule has 0 unspecified atom stereocenters. The SMILES string of the molecule is O=C(NCCc1ccncc1)c1cc(-n2cccn2)ccn1. The number of hydrogen-bond acceptors (Lipinski definition) is 4. The quantitative estimate of drug-likeness (QED) is 0.776. The van der Waals surface area contributed by atoms with Crippen molar-refractivity contribution in [2.45, 2.75) is 6.42 Å². The number of aromatic nitrogens is 4. The molecule has 0 radical (unpaired) electrons. The summed E-state index contributed by atoms with van der Waals surface area (Å²) >= 11 is 0. The van der Waals surface area contributed by atoms with Gasteiger partial charge in [-0.3, -0.25) is 14.8 Å². The Bertz CT molecular complexity index is 740. The highest BCUT2D eigenvalue weighted by atomic mass is 16.1. The van der Waals surface area contributed by atoms with E-state index in [1.165, 1.54) is 0 Å². The summed E-state index contributed by atoms with van der Waals surface area (Å²) in [6.07, 6.45) is 9.36. The second-order valence-electron chi connectivity index (χ2n) is 4.71. The molecule has 110 valence electrons. The highest BCUT2D eigenvalue weighted by Crippen LogP contribution is 2.07. The Balaban J connectivity index is 1.62. The maximum Gasteiger partial charge on any atom is 0.269 e. The number of rotatable bonds is 5. The van der Waals surface area contributed by atoms with Crippen LogP contribution in [0, 0.1) is 0 Å². The van der Waals surface area contributed by atoms with Gasteiger partial charge in [-0.25, -0.2) is 4.68 Å². The van der Waals surface area contributed by atoms with Gasteiger partial charge in [-0.05, 0) is 42.3 Å². The minimum atomic E-state index is -0.192. The van der Waals surface area contributed by atoms with Crippen molar-refractivity contribution in [3.8, 4) is 5.69 Å². The van der Waals surface area contributed by atoms with E-state index in [4.69, 9.17) is 0 Å². The summed E-state index contributed by atoms with van der Waals surface area (Å²) in [7, 11) is 0. The lowest BCUT2D eigenvalue weighted by Crippen LogP contribution is -2.26. The van der Waals surface area contributed by atoms with Crippen molar-refractivity contribution in [3.05, 3.63) is 72.6 Å². The summed E-state index contributed by atoms with van der Waals surface area (Å²) in [6.45, 7) is 0.552. The average Bonchev–Trinajstić information content (AvgIpc) is 3.10. The van der Waals surface area contributed by atoms with Crippen LogP contribution in [0.5, 0.6) is 0 Å². The molecule has 3 aromatic rings. The molecule has 1 amide bonds. The predicted octanol–water partition coefficient (Wildman–Crippen LogP) is 1.63. The summed E-state index contributed by atoms with van der Waals surface area (Å²) in [4.78, 5) is 20.2. The van der Waals surface area contributed by atoms with Crippen LogP contribution in [-0.4, -0.2) is 32.2 Å². The normalized spacial score (nSPS) is 10.4. The summed E-state index contributed by atoms with van der Waals surface area (Å²) in [5, 5.41) is 7.01. The molecule has 0 fully saturated rings. The fraction of sp³-hybridized carbons (Fsp3) is 0.125. The number of carbonyl (C=O) groups is 1.